The van der Waals surface area contributed by atoms with Crippen LogP contribution in [0.15, 0.2) is 54.9 Å². The number of aromatic nitrogens is 3. The van der Waals surface area contributed by atoms with Crippen LogP contribution in [0.3, 0.4) is 0 Å². The summed E-state index contributed by atoms with van der Waals surface area (Å²) in [5, 5.41) is 5.70. The molecular weight excluding hydrogens is 333 g/mol. The number of anilines is 2. The Labute approximate surface area is 150 Å². The summed E-state index contributed by atoms with van der Waals surface area (Å²) in [7, 11) is 0. The average molecular weight is 351 g/mol. The number of carbonyl (C=O) groups is 1. The number of carbonyl (C=O) groups excluding carboxylic acids is 1. The van der Waals surface area contributed by atoms with Crippen LogP contribution in [0.1, 0.15) is 16.1 Å². The molecule has 3 rings (SSSR count). The Morgan fingerprint density at radius 3 is 2.50 bits per heavy atom. The van der Waals surface area contributed by atoms with Gasteiger partial charge in [-0.25, -0.2) is 14.4 Å². The molecule has 0 fully saturated rings. The Morgan fingerprint density at radius 1 is 1.08 bits per heavy atom. The number of amides is 1. The van der Waals surface area contributed by atoms with E-state index in [0.717, 1.165) is 16.9 Å². The summed E-state index contributed by atoms with van der Waals surface area (Å²) in [5.74, 6) is 0.961. The lowest BCUT2D eigenvalue weighted by Gasteiger charge is -2.09. The molecule has 0 saturated carbocycles. The lowest BCUT2D eigenvalue weighted by molar-refractivity contribution is 0.0951. The zero-order valence-corrected chi connectivity index (χ0v) is 14.2. The highest BCUT2D eigenvalue weighted by Crippen LogP contribution is 2.20. The first kappa shape index (κ1) is 17.5. The average Bonchev–Trinajstić information content (AvgIpc) is 2.67. The number of nitrogens with one attached hydrogen (secondary N) is 2. The molecule has 26 heavy (non-hydrogen) atoms. The second kappa shape index (κ2) is 8.15. The van der Waals surface area contributed by atoms with Crippen LogP contribution in [0, 0.1) is 6.92 Å². The van der Waals surface area contributed by atoms with Gasteiger partial charge in [0.25, 0.3) is 5.91 Å². The van der Waals surface area contributed by atoms with Crippen molar-refractivity contribution >= 4 is 17.4 Å². The van der Waals surface area contributed by atoms with Gasteiger partial charge in [0.05, 0.1) is 0 Å². The quantitative estimate of drug-likeness (QED) is 0.712. The van der Waals surface area contributed by atoms with E-state index in [-0.39, 0.29) is 12.5 Å². The predicted octanol–water partition coefficient (Wildman–Crippen LogP) is 3.29. The highest BCUT2D eigenvalue weighted by Gasteiger charge is 2.07. The first-order chi connectivity index (χ1) is 12.7. The first-order valence-corrected chi connectivity index (χ1v) is 8.13. The molecule has 0 saturated heterocycles. The molecule has 0 radical (unpaired) electrons. The molecule has 132 valence electrons. The molecule has 0 aliphatic rings. The minimum absolute atomic E-state index is 0.0107. The van der Waals surface area contributed by atoms with Crippen molar-refractivity contribution < 1.29 is 9.18 Å². The lowest BCUT2D eigenvalue weighted by Crippen LogP contribution is -2.25. The Kier molecular flexibility index (Phi) is 5.48. The van der Waals surface area contributed by atoms with Gasteiger partial charge in [-0.1, -0.05) is 0 Å². The zero-order valence-electron chi connectivity index (χ0n) is 14.2. The van der Waals surface area contributed by atoms with Crippen LogP contribution in [-0.4, -0.2) is 34.1 Å². The molecule has 0 spiro atoms. The normalized spacial score (nSPS) is 10.4. The maximum Gasteiger partial charge on any atom is 0.251 e. The molecule has 2 heterocycles. The maximum absolute atomic E-state index is 12.1. The minimum Gasteiger partial charge on any atom is -0.349 e. The van der Waals surface area contributed by atoms with Crippen molar-refractivity contribution in [2.45, 2.75) is 6.92 Å². The molecule has 2 N–H and O–H groups in total. The third-order valence-corrected chi connectivity index (χ3v) is 3.59. The van der Waals surface area contributed by atoms with E-state index < -0.39 is 6.67 Å². The smallest absolute Gasteiger partial charge is 0.251 e. The van der Waals surface area contributed by atoms with E-state index in [2.05, 4.69) is 25.6 Å². The molecule has 6 nitrogen and oxygen atoms in total. The number of benzene rings is 1. The van der Waals surface area contributed by atoms with Gasteiger partial charge in [-0.3, -0.25) is 9.78 Å². The van der Waals surface area contributed by atoms with E-state index in [1.165, 1.54) is 0 Å². The van der Waals surface area contributed by atoms with Gasteiger partial charge in [0.1, 0.15) is 12.5 Å². The van der Waals surface area contributed by atoms with E-state index in [0.29, 0.717) is 17.2 Å². The Balaban J connectivity index is 1.77. The van der Waals surface area contributed by atoms with Gasteiger partial charge >= 0.3 is 0 Å². The van der Waals surface area contributed by atoms with Crippen LogP contribution < -0.4 is 10.6 Å². The van der Waals surface area contributed by atoms with Gasteiger partial charge in [0, 0.05) is 47.5 Å². The van der Waals surface area contributed by atoms with Gasteiger partial charge in [-0.05, 0) is 43.3 Å². The number of alkyl halides is 1. The molecule has 1 amide bonds. The van der Waals surface area contributed by atoms with Crippen molar-refractivity contribution in [3.05, 3.63) is 66.1 Å². The Bertz CT molecular complexity index is 884. The topological polar surface area (TPSA) is 79.8 Å². The van der Waals surface area contributed by atoms with E-state index in [9.17, 15) is 9.18 Å². The largest absolute Gasteiger partial charge is 0.349 e. The molecule has 0 aliphatic carbocycles. The highest BCUT2D eigenvalue weighted by atomic mass is 19.1. The number of pyridine rings is 1. The third-order valence-electron chi connectivity index (χ3n) is 3.59. The van der Waals surface area contributed by atoms with Crippen molar-refractivity contribution in [3.63, 3.8) is 0 Å². The summed E-state index contributed by atoms with van der Waals surface area (Å²) in [4.78, 5) is 24.8. The van der Waals surface area contributed by atoms with E-state index >= 15 is 0 Å². The number of rotatable bonds is 6. The van der Waals surface area contributed by atoms with Gasteiger partial charge < -0.3 is 10.6 Å². The fourth-order valence-electron chi connectivity index (χ4n) is 2.38. The lowest BCUT2D eigenvalue weighted by atomic mass is 10.2. The van der Waals surface area contributed by atoms with E-state index in [1.54, 1.807) is 36.7 Å². The molecule has 0 bridgehead atoms. The number of hydrogen-bond donors (Lipinski definition) is 2. The highest BCUT2D eigenvalue weighted by molar-refractivity contribution is 5.94. The van der Waals surface area contributed by atoms with Crippen LogP contribution >= 0.6 is 0 Å². The van der Waals surface area contributed by atoms with Crippen molar-refractivity contribution in [2.75, 3.05) is 18.5 Å². The number of nitrogens with zero attached hydrogens (tertiary/aromatic N) is 3. The molecule has 2 aromatic heterocycles. The van der Waals surface area contributed by atoms with Gasteiger partial charge in [0.15, 0.2) is 5.82 Å². The van der Waals surface area contributed by atoms with Crippen LogP contribution in [0.25, 0.3) is 11.4 Å². The standard InChI is InChI=1S/C19H18FN5O/c1-13-12-17(25-18(23-13)14-6-9-21-10-7-14)24-16-4-2-15(3-5-16)19(26)22-11-8-20/h2-7,9-10,12H,8,11H2,1H3,(H,22,26)(H,23,24,25). The van der Waals surface area contributed by atoms with Gasteiger partial charge in [-0.2, -0.15) is 0 Å². The first-order valence-electron chi connectivity index (χ1n) is 8.13. The summed E-state index contributed by atoms with van der Waals surface area (Å²) in [5.41, 5.74) is 2.97. The van der Waals surface area contributed by atoms with Crippen molar-refractivity contribution in [3.8, 4) is 11.4 Å². The molecule has 0 aliphatic heterocycles. The van der Waals surface area contributed by atoms with E-state index in [4.69, 9.17) is 0 Å². The Morgan fingerprint density at radius 2 is 1.81 bits per heavy atom. The van der Waals surface area contributed by atoms with Crippen molar-refractivity contribution in [2.24, 2.45) is 0 Å². The summed E-state index contributed by atoms with van der Waals surface area (Å²) in [6.07, 6.45) is 3.39. The van der Waals surface area contributed by atoms with Gasteiger partial charge in [0.2, 0.25) is 0 Å². The monoisotopic (exact) mass is 351 g/mol. The zero-order chi connectivity index (χ0) is 18.4. The molecule has 7 heteroatoms. The summed E-state index contributed by atoms with van der Waals surface area (Å²) in [6, 6.07) is 12.4. The molecule has 3 aromatic rings. The summed E-state index contributed by atoms with van der Waals surface area (Å²) in [6.45, 7) is 1.32. The maximum atomic E-state index is 12.1. The van der Waals surface area contributed by atoms with Crippen LogP contribution in [0.4, 0.5) is 15.9 Å². The predicted molar refractivity (Wildman–Crippen MR) is 98.0 cm³/mol. The number of hydrogen-bond acceptors (Lipinski definition) is 5. The number of aryl methyl sites for hydroxylation is 1. The molecular formula is C19H18FN5O. The summed E-state index contributed by atoms with van der Waals surface area (Å²) >= 11 is 0. The SMILES string of the molecule is Cc1cc(Nc2ccc(C(=O)NCCF)cc2)nc(-c2ccncc2)n1. The van der Waals surface area contributed by atoms with Crippen molar-refractivity contribution in [1.82, 2.24) is 20.3 Å². The molecule has 0 unspecified atom stereocenters. The third kappa shape index (κ3) is 4.38. The fourth-order valence-corrected chi connectivity index (χ4v) is 2.38. The fraction of sp³-hybridized carbons (Fsp3) is 0.158. The van der Waals surface area contributed by atoms with Gasteiger partial charge in [-0.15, -0.1) is 0 Å². The Hall–Kier alpha value is -3.35. The second-order valence-corrected chi connectivity index (χ2v) is 5.60. The van der Waals surface area contributed by atoms with Crippen LogP contribution in [0.2, 0.25) is 0 Å². The van der Waals surface area contributed by atoms with Crippen molar-refractivity contribution in [1.29, 1.82) is 0 Å². The van der Waals surface area contributed by atoms with Crippen LogP contribution in [0.5, 0.6) is 0 Å². The van der Waals surface area contributed by atoms with Crippen LogP contribution in [-0.2, 0) is 0 Å². The summed E-state index contributed by atoms with van der Waals surface area (Å²) < 4.78 is 12.1. The minimum atomic E-state index is -0.585. The van der Waals surface area contributed by atoms with E-state index in [1.807, 2.05) is 25.1 Å². The second-order valence-electron chi connectivity index (χ2n) is 5.60. The molecule has 1 aromatic carbocycles. The molecule has 0 atom stereocenters. The number of halogens is 1.